The number of carboxylic acids is 1. The number of hydrogen-bond acceptors (Lipinski definition) is 4. The SMILES string of the molecule is COC(=O)c1ccc(CCC(=O)N2CCC[C@H]2C(=O)O)cc1. The van der Waals surface area contributed by atoms with E-state index in [1.165, 1.54) is 12.0 Å². The van der Waals surface area contributed by atoms with Gasteiger partial charge in [0.25, 0.3) is 0 Å². The van der Waals surface area contributed by atoms with Crippen molar-refractivity contribution in [2.24, 2.45) is 0 Å². The van der Waals surface area contributed by atoms with Crippen LogP contribution in [0.3, 0.4) is 0 Å². The molecular weight excluding hydrogens is 286 g/mol. The summed E-state index contributed by atoms with van der Waals surface area (Å²) in [5.74, 6) is -1.47. The predicted octanol–water partition coefficient (Wildman–Crippen LogP) is 1.48. The third-order valence-electron chi connectivity index (χ3n) is 3.86. The lowest BCUT2D eigenvalue weighted by molar-refractivity contribution is -0.148. The Morgan fingerprint density at radius 2 is 1.95 bits per heavy atom. The number of amides is 1. The van der Waals surface area contributed by atoms with E-state index in [9.17, 15) is 14.4 Å². The van der Waals surface area contributed by atoms with Crippen molar-refractivity contribution in [2.45, 2.75) is 31.7 Å². The predicted molar refractivity (Wildman–Crippen MR) is 78.5 cm³/mol. The largest absolute Gasteiger partial charge is 0.480 e. The highest BCUT2D eigenvalue weighted by Gasteiger charge is 2.33. The van der Waals surface area contributed by atoms with Crippen LogP contribution in [-0.2, 0) is 20.7 Å². The summed E-state index contributed by atoms with van der Waals surface area (Å²) >= 11 is 0. The molecule has 1 N–H and O–H groups in total. The number of benzene rings is 1. The zero-order valence-electron chi connectivity index (χ0n) is 12.4. The second-order valence-electron chi connectivity index (χ2n) is 5.27. The smallest absolute Gasteiger partial charge is 0.337 e. The Morgan fingerprint density at radius 3 is 2.55 bits per heavy atom. The van der Waals surface area contributed by atoms with Gasteiger partial charge in [-0.05, 0) is 37.0 Å². The lowest BCUT2D eigenvalue weighted by atomic mass is 10.1. The summed E-state index contributed by atoms with van der Waals surface area (Å²) in [7, 11) is 1.32. The van der Waals surface area contributed by atoms with E-state index in [1.807, 2.05) is 0 Å². The highest BCUT2D eigenvalue weighted by atomic mass is 16.5. The van der Waals surface area contributed by atoms with Gasteiger partial charge in [-0.1, -0.05) is 12.1 Å². The molecule has 0 aliphatic carbocycles. The molecule has 0 bridgehead atoms. The van der Waals surface area contributed by atoms with Crippen LogP contribution >= 0.6 is 0 Å². The Hall–Kier alpha value is -2.37. The third kappa shape index (κ3) is 3.63. The minimum absolute atomic E-state index is 0.137. The van der Waals surface area contributed by atoms with Gasteiger partial charge < -0.3 is 14.7 Å². The quantitative estimate of drug-likeness (QED) is 0.833. The minimum atomic E-state index is -0.937. The summed E-state index contributed by atoms with van der Waals surface area (Å²) in [6, 6.07) is 6.17. The number of aliphatic carboxylic acids is 1. The van der Waals surface area contributed by atoms with Crippen LogP contribution in [0.15, 0.2) is 24.3 Å². The van der Waals surface area contributed by atoms with E-state index in [0.717, 1.165) is 12.0 Å². The Kier molecular flexibility index (Phi) is 5.14. The molecule has 0 radical (unpaired) electrons. The molecule has 22 heavy (non-hydrogen) atoms. The fourth-order valence-electron chi connectivity index (χ4n) is 2.64. The molecule has 1 aliphatic heterocycles. The van der Waals surface area contributed by atoms with Gasteiger partial charge in [-0.2, -0.15) is 0 Å². The van der Waals surface area contributed by atoms with Gasteiger partial charge in [0.1, 0.15) is 6.04 Å². The van der Waals surface area contributed by atoms with Crippen LogP contribution in [0.5, 0.6) is 0 Å². The number of aryl methyl sites for hydroxylation is 1. The van der Waals surface area contributed by atoms with Crippen LogP contribution in [0.4, 0.5) is 0 Å². The number of carbonyl (C=O) groups is 3. The maximum Gasteiger partial charge on any atom is 0.337 e. The van der Waals surface area contributed by atoms with Gasteiger partial charge in [0.05, 0.1) is 12.7 Å². The minimum Gasteiger partial charge on any atom is -0.480 e. The molecule has 1 saturated heterocycles. The van der Waals surface area contributed by atoms with Crippen LogP contribution in [0.2, 0.25) is 0 Å². The Labute approximate surface area is 128 Å². The van der Waals surface area contributed by atoms with Crippen LogP contribution in [0, 0.1) is 0 Å². The number of hydrogen-bond donors (Lipinski definition) is 1. The average Bonchev–Trinajstić information content (AvgIpc) is 3.02. The standard InChI is InChI=1S/C16H19NO5/c1-22-16(21)12-7-4-11(5-8-12)6-9-14(18)17-10-2-3-13(17)15(19)20/h4-5,7-8,13H,2-3,6,9-10H2,1H3,(H,19,20)/t13-/m0/s1. The maximum atomic E-state index is 12.1. The molecule has 1 aliphatic rings. The number of rotatable bonds is 5. The molecule has 1 heterocycles. The monoisotopic (exact) mass is 305 g/mol. The lowest BCUT2D eigenvalue weighted by Crippen LogP contribution is -2.40. The molecule has 1 atom stereocenters. The van der Waals surface area contributed by atoms with Gasteiger partial charge in [0.15, 0.2) is 0 Å². The fourth-order valence-corrected chi connectivity index (χ4v) is 2.64. The summed E-state index contributed by atoms with van der Waals surface area (Å²) in [6.07, 6.45) is 2.04. The fraction of sp³-hybridized carbons (Fsp3) is 0.438. The number of nitrogens with zero attached hydrogens (tertiary/aromatic N) is 1. The van der Waals surface area contributed by atoms with Crippen molar-refractivity contribution in [1.29, 1.82) is 0 Å². The van der Waals surface area contributed by atoms with Gasteiger partial charge >= 0.3 is 11.9 Å². The van der Waals surface area contributed by atoms with Crippen molar-refractivity contribution in [3.8, 4) is 0 Å². The average molecular weight is 305 g/mol. The first-order valence-corrected chi connectivity index (χ1v) is 7.22. The molecular formula is C16H19NO5. The van der Waals surface area contributed by atoms with Crippen LogP contribution < -0.4 is 0 Å². The van der Waals surface area contributed by atoms with Crippen molar-refractivity contribution in [2.75, 3.05) is 13.7 Å². The lowest BCUT2D eigenvalue weighted by Gasteiger charge is -2.21. The third-order valence-corrected chi connectivity index (χ3v) is 3.86. The van der Waals surface area contributed by atoms with E-state index in [2.05, 4.69) is 4.74 Å². The molecule has 0 spiro atoms. The molecule has 118 valence electrons. The van der Waals surface area contributed by atoms with E-state index in [0.29, 0.717) is 24.9 Å². The Bertz CT molecular complexity index is 566. The number of ether oxygens (including phenoxy) is 1. The molecule has 0 aromatic heterocycles. The molecule has 2 rings (SSSR count). The molecule has 6 nitrogen and oxygen atoms in total. The summed E-state index contributed by atoms with van der Waals surface area (Å²) in [4.78, 5) is 36.0. The van der Waals surface area contributed by atoms with Gasteiger partial charge in [-0.25, -0.2) is 9.59 Å². The topological polar surface area (TPSA) is 83.9 Å². The first-order valence-electron chi connectivity index (χ1n) is 7.22. The number of carbonyl (C=O) groups excluding carboxylic acids is 2. The second kappa shape index (κ2) is 7.06. The van der Waals surface area contributed by atoms with Crippen LogP contribution in [0.25, 0.3) is 0 Å². The Balaban J connectivity index is 1.91. The number of esters is 1. The zero-order chi connectivity index (χ0) is 16.1. The molecule has 6 heteroatoms. The summed E-state index contributed by atoms with van der Waals surface area (Å²) in [6.45, 7) is 0.511. The van der Waals surface area contributed by atoms with Crippen molar-refractivity contribution in [3.63, 3.8) is 0 Å². The van der Waals surface area contributed by atoms with E-state index in [4.69, 9.17) is 5.11 Å². The summed E-state index contributed by atoms with van der Waals surface area (Å²) in [5.41, 5.74) is 1.38. The van der Waals surface area contributed by atoms with E-state index in [-0.39, 0.29) is 12.3 Å². The van der Waals surface area contributed by atoms with Crippen molar-refractivity contribution >= 4 is 17.8 Å². The summed E-state index contributed by atoms with van der Waals surface area (Å²) < 4.78 is 4.62. The number of methoxy groups -OCH3 is 1. The van der Waals surface area contributed by atoms with Crippen molar-refractivity contribution < 1.29 is 24.2 Å². The number of likely N-dealkylation sites (tertiary alicyclic amines) is 1. The van der Waals surface area contributed by atoms with Gasteiger partial charge in [0, 0.05) is 13.0 Å². The Morgan fingerprint density at radius 1 is 1.27 bits per heavy atom. The molecule has 1 aromatic carbocycles. The first kappa shape index (κ1) is 16.0. The molecule has 0 unspecified atom stereocenters. The second-order valence-corrected chi connectivity index (χ2v) is 5.27. The normalized spacial score (nSPS) is 17.3. The van der Waals surface area contributed by atoms with Gasteiger partial charge in [-0.3, -0.25) is 4.79 Å². The molecule has 0 saturated carbocycles. The first-order chi connectivity index (χ1) is 10.5. The van der Waals surface area contributed by atoms with Crippen molar-refractivity contribution in [3.05, 3.63) is 35.4 Å². The van der Waals surface area contributed by atoms with E-state index < -0.39 is 18.0 Å². The van der Waals surface area contributed by atoms with Crippen LogP contribution in [0.1, 0.15) is 35.2 Å². The highest BCUT2D eigenvalue weighted by Crippen LogP contribution is 2.19. The van der Waals surface area contributed by atoms with Gasteiger partial charge in [0.2, 0.25) is 5.91 Å². The summed E-state index contributed by atoms with van der Waals surface area (Å²) in [5, 5.41) is 9.09. The van der Waals surface area contributed by atoms with E-state index >= 15 is 0 Å². The number of carboxylic acid groups (broad SMARTS) is 1. The zero-order valence-corrected chi connectivity index (χ0v) is 12.4. The van der Waals surface area contributed by atoms with Gasteiger partial charge in [-0.15, -0.1) is 0 Å². The highest BCUT2D eigenvalue weighted by molar-refractivity contribution is 5.89. The molecule has 1 amide bonds. The molecule has 1 fully saturated rings. The molecule has 1 aromatic rings. The van der Waals surface area contributed by atoms with Crippen molar-refractivity contribution in [1.82, 2.24) is 4.90 Å². The maximum absolute atomic E-state index is 12.1. The van der Waals surface area contributed by atoms with Crippen LogP contribution in [-0.4, -0.2) is 47.5 Å². The van der Waals surface area contributed by atoms with E-state index in [1.54, 1.807) is 24.3 Å².